The number of amides is 1. The molecule has 0 atom stereocenters. The predicted molar refractivity (Wildman–Crippen MR) is 89.6 cm³/mol. The van der Waals surface area contributed by atoms with E-state index in [0.29, 0.717) is 11.6 Å². The Bertz CT molecular complexity index is 833. The highest BCUT2D eigenvalue weighted by atomic mass is 35.5. The van der Waals surface area contributed by atoms with Crippen molar-refractivity contribution >= 4 is 44.0 Å². The SMILES string of the molecule is CCc1nnc(NC(=O)c2cc(S(=O)(=O)N(C)C)ccc2Cl)s1. The zero-order chi connectivity index (χ0) is 17.2. The second-order valence-electron chi connectivity index (χ2n) is 4.74. The lowest BCUT2D eigenvalue weighted by Crippen LogP contribution is -2.23. The molecule has 124 valence electrons. The van der Waals surface area contributed by atoms with Crippen LogP contribution in [-0.4, -0.2) is 42.9 Å². The molecule has 10 heteroatoms. The molecule has 1 N–H and O–H groups in total. The molecule has 23 heavy (non-hydrogen) atoms. The van der Waals surface area contributed by atoms with Crippen molar-refractivity contribution in [3.05, 3.63) is 33.8 Å². The monoisotopic (exact) mass is 374 g/mol. The van der Waals surface area contributed by atoms with Crippen molar-refractivity contribution in [3.63, 3.8) is 0 Å². The van der Waals surface area contributed by atoms with Crippen LogP contribution in [0.4, 0.5) is 5.13 Å². The molecule has 0 saturated heterocycles. The largest absolute Gasteiger partial charge is 0.296 e. The maximum absolute atomic E-state index is 12.3. The molecular weight excluding hydrogens is 360 g/mol. The average molecular weight is 375 g/mol. The van der Waals surface area contributed by atoms with Gasteiger partial charge in [-0.3, -0.25) is 10.1 Å². The van der Waals surface area contributed by atoms with Crippen molar-refractivity contribution in [2.45, 2.75) is 18.2 Å². The lowest BCUT2D eigenvalue weighted by molar-refractivity contribution is 0.102. The standard InChI is InChI=1S/C13H15ClN4O3S2/c1-4-11-16-17-13(22-11)15-12(19)9-7-8(5-6-10(9)14)23(20,21)18(2)3/h5-7H,4H2,1-3H3,(H,15,17,19). The van der Waals surface area contributed by atoms with Gasteiger partial charge in [0.1, 0.15) is 5.01 Å². The summed E-state index contributed by atoms with van der Waals surface area (Å²) in [5, 5.41) is 11.6. The normalized spacial score (nSPS) is 11.7. The predicted octanol–water partition coefficient (Wildman–Crippen LogP) is 2.26. The van der Waals surface area contributed by atoms with E-state index in [2.05, 4.69) is 15.5 Å². The molecule has 0 aliphatic rings. The van der Waals surface area contributed by atoms with Crippen molar-refractivity contribution in [2.24, 2.45) is 0 Å². The number of rotatable bonds is 5. The number of hydrogen-bond donors (Lipinski definition) is 1. The molecule has 0 bridgehead atoms. The first kappa shape index (κ1) is 17.8. The molecule has 7 nitrogen and oxygen atoms in total. The highest BCUT2D eigenvalue weighted by Gasteiger charge is 2.21. The molecule has 0 saturated carbocycles. The Morgan fingerprint density at radius 3 is 2.61 bits per heavy atom. The zero-order valence-electron chi connectivity index (χ0n) is 12.7. The number of aromatic nitrogens is 2. The molecule has 2 rings (SSSR count). The molecule has 2 aromatic rings. The van der Waals surface area contributed by atoms with E-state index in [1.165, 1.54) is 43.6 Å². The second kappa shape index (κ2) is 6.91. The minimum Gasteiger partial charge on any atom is -0.296 e. The minimum atomic E-state index is -3.65. The van der Waals surface area contributed by atoms with Crippen LogP contribution in [0.2, 0.25) is 5.02 Å². The molecule has 1 amide bonds. The van der Waals surface area contributed by atoms with Crippen LogP contribution in [0, 0.1) is 0 Å². The van der Waals surface area contributed by atoms with Gasteiger partial charge in [0.05, 0.1) is 15.5 Å². The number of anilines is 1. The molecule has 0 radical (unpaired) electrons. The number of carbonyl (C=O) groups excluding carboxylic acids is 1. The van der Waals surface area contributed by atoms with Gasteiger partial charge < -0.3 is 0 Å². The van der Waals surface area contributed by atoms with Gasteiger partial charge in [0.15, 0.2) is 0 Å². The summed E-state index contributed by atoms with van der Waals surface area (Å²) < 4.78 is 25.4. The number of aryl methyl sites for hydroxylation is 1. The van der Waals surface area contributed by atoms with Crippen molar-refractivity contribution in [3.8, 4) is 0 Å². The first-order valence-electron chi connectivity index (χ1n) is 6.61. The summed E-state index contributed by atoms with van der Waals surface area (Å²) in [6.07, 6.45) is 0.713. The van der Waals surface area contributed by atoms with E-state index in [1.807, 2.05) is 6.92 Å². The Morgan fingerprint density at radius 1 is 1.35 bits per heavy atom. The van der Waals surface area contributed by atoms with Crippen LogP contribution >= 0.6 is 22.9 Å². The summed E-state index contributed by atoms with van der Waals surface area (Å²) in [4.78, 5) is 12.3. The van der Waals surface area contributed by atoms with Gasteiger partial charge in [-0.15, -0.1) is 10.2 Å². The highest BCUT2D eigenvalue weighted by Crippen LogP contribution is 2.24. The second-order valence-corrected chi connectivity index (χ2v) is 8.36. The molecule has 0 aliphatic carbocycles. The lowest BCUT2D eigenvalue weighted by atomic mass is 10.2. The lowest BCUT2D eigenvalue weighted by Gasteiger charge is -2.12. The van der Waals surface area contributed by atoms with Gasteiger partial charge in [0.25, 0.3) is 5.91 Å². The van der Waals surface area contributed by atoms with Gasteiger partial charge in [-0.1, -0.05) is 29.9 Å². The number of carbonyl (C=O) groups is 1. The molecule has 0 aliphatic heterocycles. The van der Waals surface area contributed by atoms with E-state index in [1.54, 1.807) is 0 Å². The van der Waals surface area contributed by atoms with Crippen molar-refractivity contribution < 1.29 is 13.2 Å². The molecule has 1 aromatic heterocycles. The number of sulfonamides is 1. The summed E-state index contributed by atoms with van der Waals surface area (Å²) >= 11 is 7.27. The van der Waals surface area contributed by atoms with E-state index in [4.69, 9.17) is 11.6 Å². The van der Waals surface area contributed by atoms with Gasteiger partial charge in [0.2, 0.25) is 15.2 Å². The average Bonchev–Trinajstić information content (AvgIpc) is 2.94. The van der Waals surface area contributed by atoms with Gasteiger partial charge >= 0.3 is 0 Å². The minimum absolute atomic E-state index is 0.0106. The quantitative estimate of drug-likeness (QED) is 0.866. The molecular formula is C13H15ClN4O3S2. The molecule has 1 aromatic carbocycles. The van der Waals surface area contributed by atoms with E-state index < -0.39 is 15.9 Å². The van der Waals surface area contributed by atoms with E-state index in [0.717, 1.165) is 9.31 Å². The Morgan fingerprint density at radius 2 is 2.04 bits per heavy atom. The van der Waals surface area contributed by atoms with Crippen molar-refractivity contribution in [1.29, 1.82) is 0 Å². The van der Waals surface area contributed by atoms with Gasteiger partial charge in [-0.25, -0.2) is 12.7 Å². The van der Waals surface area contributed by atoms with Gasteiger partial charge in [-0.05, 0) is 24.6 Å². The number of nitrogens with zero attached hydrogens (tertiary/aromatic N) is 3. The van der Waals surface area contributed by atoms with E-state index in [-0.39, 0.29) is 15.5 Å². The first-order valence-corrected chi connectivity index (χ1v) is 9.25. The first-order chi connectivity index (χ1) is 10.8. The summed E-state index contributed by atoms with van der Waals surface area (Å²) in [6.45, 7) is 1.93. The molecule has 0 fully saturated rings. The Hall–Kier alpha value is -1.55. The number of nitrogens with one attached hydrogen (secondary N) is 1. The van der Waals surface area contributed by atoms with E-state index in [9.17, 15) is 13.2 Å². The fourth-order valence-corrected chi connectivity index (χ4v) is 3.47. The Kier molecular flexibility index (Phi) is 5.35. The van der Waals surface area contributed by atoms with Crippen molar-refractivity contribution in [2.75, 3.05) is 19.4 Å². The number of halogens is 1. The summed E-state index contributed by atoms with van der Waals surface area (Å²) in [6, 6.07) is 3.98. The topological polar surface area (TPSA) is 92.3 Å². The number of benzene rings is 1. The van der Waals surface area contributed by atoms with Gasteiger partial charge in [0, 0.05) is 14.1 Å². The van der Waals surface area contributed by atoms with E-state index >= 15 is 0 Å². The van der Waals surface area contributed by atoms with Crippen LogP contribution in [0.15, 0.2) is 23.1 Å². The Labute approximate surface area is 143 Å². The number of hydrogen-bond acceptors (Lipinski definition) is 6. The zero-order valence-corrected chi connectivity index (χ0v) is 15.1. The van der Waals surface area contributed by atoms with Crippen LogP contribution < -0.4 is 5.32 Å². The molecule has 0 spiro atoms. The maximum Gasteiger partial charge on any atom is 0.259 e. The van der Waals surface area contributed by atoms with Crippen LogP contribution in [-0.2, 0) is 16.4 Å². The summed E-state index contributed by atoms with van der Waals surface area (Å²) in [7, 11) is -0.825. The smallest absolute Gasteiger partial charge is 0.259 e. The Balaban J connectivity index is 2.33. The van der Waals surface area contributed by atoms with Crippen molar-refractivity contribution in [1.82, 2.24) is 14.5 Å². The fraction of sp³-hybridized carbons (Fsp3) is 0.308. The van der Waals surface area contributed by atoms with Crippen LogP contribution in [0.1, 0.15) is 22.3 Å². The van der Waals surface area contributed by atoms with Crippen LogP contribution in [0.5, 0.6) is 0 Å². The maximum atomic E-state index is 12.3. The third-order valence-electron chi connectivity index (χ3n) is 2.95. The summed E-state index contributed by atoms with van der Waals surface area (Å²) in [5.41, 5.74) is 0.0582. The summed E-state index contributed by atoms with van der Waals surface area (Å²) in [5.74, 6) is -0.537. The molecule has 1 heterocycles. The third-order valence-corrected chi connectivity index (χ3v) is 6.07. The van der Waals surface area contributed by atoms with Crippen LogP contribution in [0.3, 0.4) is 0 Å². The molecule has 0 unspecified atom stereocenters. The van der Waals surface area contributed by atoms with Gasteiger partial charge in [-0.2, -0.15) is 0 Å². The van der Waals surface area contributed by atoms with Crippen LogP contribution in [0.25, 0.3) is 0 Å². The third kappa shape index (κ3) is 3.86. The highest BCUT2D eigenvalue weighted by molar-refractivity contribution is 7.89. The fourth-order valence-electron chi connectivity index (χ4n) is 1.66.